The van der Waals surface area contributed by atoms with Crippen molar-refractivity contribution < 1.29 is 9.21 Å². The summed E-state index contributed by atoms with van der Waals surface area (Å²) in [6, 6.07) is 9.65. The van der Waals surface area contributed by atoms with Crippen LogP contribution in [0.25, 0.3) is 10.9 Å². The van der Waals surface area contributed by atoms with Crippen LogP contribution >= 0.6 is 0 Å². The minimum atomic E-state index is -0.0323. The SMILES string of the molecule is Cc1oc(C)c(C(=O)c2cnc3ccccc3c2)c1C. The number of aryl methyl sites for hydroxylation is 2. The summed E-state index contributed by atoms with van der Waals surface area (Å²) in [5.74, 6) is 1.42. The molecule has 3 aromatic rings. The molecule has 100 valence electrons. The smallest absolute Gasteiger partial charge is 0.198 e. The van der Waals surface area contributed by atoms with Gasteiger partial charge in [-0.15, -0.1) is 0 Å². The molecule has 0 atom stereocenters. The van der Waals surface area contributed by atoms with Crippen LogP contribution in [-0.2, 0) is 0 Å². The standard InChI is InChI=1S/C17H15NO2/c1-10-11(2)20-12(3)16(10)17(19)14-8-13-6-4-5-7-15(13)18-9-14/h4-9H,1-3H3. The number of rotatable bonds is 2. The Bertz CT molecular complexity index is 815. The topological polar surface area (TPSA) is 43.1 Å². The van der Waals surface area contributed by atoms with Gasteiger partial charge in [0.15, 0.2) is 5.78 Å². The first kappa shape index (κ1) is 12.6. The molecule has 0 aliphatic rings. The van der Waals surface area contributed by atoms with Gasteiger partial charge in [-0.2, -0.15) is 0 Å². The predicted octanol–water partition coefficient (Wildman–Crippen LogP) is 3.98. The number of carbonyl (C=O) groups is 1. The van der Waals surface area contributed by atoms with E-state index in [0.29, 0.717) is 16.9 Å². The second-order valence-electron chi connectivity index (χ2n) is 4.96. The molecule has 0 aliphatic carbocycles. The van der Waals surface area contributed by atoms with Crippen LogP contribution in [0.2, 0.25) is 0 Å². The van der Waals surface area contributed by atoms with E-state index in [9.17, 15) is 4.79 Å². The molecule has 0 fully saturated rings. The minimum absolute atomic E-state index is 0.0323. The molecule has 0 bridgehead atoms. The molecule has 3 heteroatoms. The molecule has 0 unspecified atom stereocenters. The van der Waals surface area contributed by atoms with Crippen molar-refractivity contribution in [1.29, 1.82) is 0 Å². The fourth-order valence-electron chi connectivity index (χ4n) is 2.47. The zero-order chi connectivity index (χ0) is 14.3. The number of para-hydroxylation sites is 1. The maximum absolute atomic E-state index is 12.6. The van der Waals surface area contributed by atoms with E-state index >= 15 is 0 Å². The molecule has 3 nitrogen and oxygen atoms in total. The maximum Gasteiger partial charge on any atom is 0.198 e. The van der Waals surface area contributed by atoms with Crippen LogP contribution in [0.4, 0.5) is 0 Å². The van der Waals surface area contributed by atoms with Crippen LogP contribution in [0.3, 0.4) is 0 Å². The van der Waals surface area contributed by atoms with Crippen molar-refractivity contribution >= 4 is 16.7 Å². The lowest BCUT2D eigenvalue weighted by Crippen LogP contribution is -2.04. The summed E-state index contributed by atoms with van der Waals surface area (Å²) < 4.78 is 5.53. The quantitative estimate of drug-likeness (QED) is 0.658. The normalized spacial score (nSPS) is 10.9. The van der Waals surface area contributed by atoms with Crippen molar-refractivity contribution in [2.45, 2.75) is 20.8 Å². The van der Waals surface area contributed by atoms with E-state index in [2.05, 4.69) is 4.98 Å². The molecule has 0 aliphatic heterocycles. The van der Waals surface area contributed by atoms with Gasteiger partial charge in [0.1, 0.15) is 11.5 Å². The number of carbonyl (C=O) groups excluding carboxylic acids is 1. The first-order valence-corrected chi connectivity index (χ1v) is 6.54. The monoisotopic (exact) mass is 265 g/mol. The number of hydrogen-bond acceptors (Lipinski definition) is 3. The number of benzene rings is 1. The Labute approximate surface area is 117 Å². The van der Waals surface area contributed by atoms with Crippen molar-refractivity contribution in [1.82, 2.24) is 4.98 Å². The second kappa shape index (κ2) is 4.60. The van der Waals surface area contributed by atoms with Crippen molar-refractivity contribution in [3.05, 3.63) is 64.7 Å². The van der Waals surface area contributed by atoms with Crippen LogP contribution in [0.15, 0.2) is 40.9 Å². The summed E-state index contributed by atoms with van der Waals surface area (Å²) in [7, 11) is 0. The van der Waals surface area contributed by atoms with Gasteiger partial charge in [-0.3, -0.25) is 9.78 Å². The van der Waals surface area contributed by atoms with Crippen LogP contribution in [0.1, 0.15) is 33.0 Å². The van der Waals surface area contributed by atoms with E-state index < -0.39 is 0 Å². The Balaban J connectivity index is 2.12. The molecule has 20 heavy (non-hydrogen) atoms. The van der Waals surface area contributed by atoms with E-state index in [4.69, 9.17) is 4.42 Å². The zero-order valence-electron chi connectivity index (χ0n) is 11.7. The fourth-order valence-corrected chi connectivity index (χ4v) is 2.47. The highest BCUT2D eigenvalue weighted by Gasteiger charge is 2.20. The lowest BCUT2D eigenvalue weighted by Gasteiger charge is -2.03. The van der Waals surface area contributed by atoms with Crippen molar-refractivity contribution in [2.75, 3.05) is 0 Å². The summed E-state index contributed by atoms with van der Waals surface area (Å²) in [6.07, 6.45) is 1.63. The lowest BCUT2D eigenvalue weighted by atomic mass is 10.00. The predicted molar refractivity (Wildman–Crippen MR) is 78.1 cm³/mol. The average molecular weight is 265 g/mol. The molecule has 3 rings (SSSR count). The number of hydrogen-bond donors (Lipinski definition) is 0. The van der Waals surface area contributed by atoms with E-state index in [1.54, 1.807) is 6.20 Å². The third-order valence-corrected chi connectivity index (χ3v) is 3.64. The highest BCUT2D eigenvalue weighted by molar-refractivity contribution is 6.11. The van der Waals surface area contributed by atoms with Gasteiger partial charge in [0.05, 0.1) is 11.1 Å². The number of furan rings is 1. The van der Waals surface area contributed by atoms with E-state index in [-0.39, 0.29) is 5.78 Å². The molecular weight excluding hydrogens is 250 g/mol. The van der Waals surface area contributed by atoms with Gasteiger partial charge >= 0.3 is 0 Å². The van der Waals surface area contributed by atoms with E-state index in [0.717, 1.165) is 22.2 Å². The molecule has 0 saturated carbocycles. The third kappa shape index (κ3) is 1.92. The molecule has 1 aromatic carbocycles. The molecule has 0 amide bonds. The van der Waals surface area contributed by atoms with Crippen molar-refractivity contribution in [3.8, 4) is 0 Å². The fraction of sp³-hybridized carbons (Fsp3) is 0.176. The number of pyridine rings is 1. The lowest BCUT2D eigenvalue weighted by molar-refractivity contribution is 0.103. The average Bonchev–Trinajstić information content (AvgIpc) is 2.71. The van der Waals surface area contributed by atoms with Crippen molar-refractivity contribution in [3.63, 3.8) is 0 Å². The van der Waals surface area contributed by atoms with Crippen LogP contribution in [0.5, 0.6) is 0 Å². The van der Waals surface area contributed by atoms with E-state index in [1.165, 1.54) is 0 Å². The van der Waals surface area contributed by atoms with E-state index in [1.807, 2.05) is 51.1 Å². The van der Waals surface area contributed by atoms with Gasteiger partial charge < -0.3 is 4.42 Å². The maximum atomic E-state index is 12.6. The summed E-state index contributed by atoms with van der Waals surface area (Å²) in [5.41, 5.74) is 3.04. The Kier molecular flexibility index (Phi) is 2.90. The van der Waals surface area contributed by atoms with Crippen LogP contribution in [0, 0.1) is 20.8 Å². The summed E-state index contributed by atoms with van der Waals surface area (Å²) in [4.78, 5) is 17.0. The molecular formula is C17H15NO2. The molecule has 0 radical (unpaired) electrons. The highest BCUT2D eigenvalue weighted by atomic mass is 16.3. The van der Waals surface area contributed by atoms with Gasteiger partial charge in [-0.05, 0) is 32.9 Å². The Morgan fingerprint density at radius 3 is 2.55 bits per heavy atom. The second-order valence-corrected chi connectivity index (χ2v) is 4.96. The minimum Gasteiger partial charge on any atom is -0.466 e. The summed E-state index contributed by atoms with van der Waals surface area (Å²) in [6.45, 7) is 5.60. The van der Waals surface area contributed by atoms with Gasteiger partial charge in [-0.1, -0.05) is 18.2 Å². The van der Waals surface area contributed by atoms with Gasteiger partial charge in [0, 0.05) is 22.7 Å². The first-order valence-electron chi connectivity index (χ1n) is 6.54. The highest BCUT2D eigenvalue weighted by Crippen LogP contribution is 2.24. The number of fused-ring (bicyclic) bond motifs is 1. The molecule has 2 aromatic heterocycles. The Hall–Kier alpha value is -2.42. The first-order chi connectivity index (χ1) is 9.58. The van der Waals surface area contributed by atoms with Gasteiger partial charge in [0.25, 0.3) is 0 Å². The molecule has 2 heterocycles. The molecule has 0 saturated heterocycles. The Morgan fingerprint density at radius 1 is 1.10 bits per heavy atom. The summed E-state index contributed by atoms with van der Waals surface area (Å²) in [5, 5.41) is 0.967. The Morgan fingerprint density at radius 2 is 1.85 bits per heavy atom. The number of aromatic nitrogens is 1. The molecule has 0 N–H and O–H groups in total. The van der Waals surface area contributed by atoms with Gasteiger partial charge in [-0.25, -0.2) is 0 Å². The number of ketones is 1. The van der Waals surface area contributed by atoms with Gasteiger partial charge in [0.2, 0.25) is 0 Å². The van der Waals surface area contributed by atoms with Crippen LogP contribution in [-0.4, -0.2) is 10.8 Å². The summed E-state index contributed by atoms with van der Waals surface area (Å²) >= 11 is 0. The zero-order valence-corrected chi connectivity index (χ0v) is 11.7. The third-order valence-electron chi connectivity index (χ3n) is 3.64. The largest absolute Gasteiger partial charge is 0.466 e. The van der Waals surface area contributed by atoms with Crippen LogP contribution < -0.4 is 0 Å². The van der Waals surface area contributed by atoms with Crippen molar-refractivity contribution in [2.24, 2.45) is 0 Å². The number of nitrogens with zero attached hydrogens (tertiary/aromatic N) is 1. The molecule has 0 spiro atoms.